The minimum atomic E-state index is 0.444. The van der Waals surface area contributed by atoms with Crippen molar-refractivity contribution in [3.8, 4) is 0 Å². The molecule has 0 fully saturated rings. The van der Waals surface area contributed by atoms with E-state index in [0.717, 1.165) is 0 Å². The van der Waals surface area contributed by atoms with Gasteiger partial charge in [-0.25, -0.2) is 0 Å². The van der Waals surface area contributed by atoms with Gasteiger partial charge < -0.3 is 0 Å². The van der Waals surface area contributed by atoms with Crippen LogP contribution in [0.1, 0.15) is 67.2 Å². The van der Waals surface area contributed by atoms with Crippen molar-refractivity contribution in [1.29, 1.82) is 0 Å². The third-order valence-corrected chi connectivity index (χ3v) is 4.73. The fourth-order valence-corrected chi connectivity index (χ4v) is 3.50. The predicted molar refractivity (Wildman–Crippen MR) is 65.6 cm³/mol. The Morgan fingerprint density at radius 1 is 0.923 bits per heavy atom. The number of hydrogen-bond acceptors (Lipinski definition) is 1. The van der Waals surface area contributed by atoms with Gasteiger partial charge in [0.15, 0.2) is 0 Å². The summed E-state index contributed by atoms with van der Waals surface area (Å²) < 4.78 is 0.939. The van der Waals surface area contributed by atoms with Crippen LogP contribution in [0.2, 0.25) is 0 Å². The highest BCUT2D eigenvalue weighted by Gasteiger charge is 2.29. The van der Waals surface area contributed by atoms with Gasteiger partial charge in [0.25, 0.3) is 0 Å². The summed E-state index contributed by atoms with van der Waals surface area (Å²) in [5, 5.41) is 0. The Balaban J connectivity index is 4.25. The molecule has 0 aromatic carbocycles. The summed E-state index contributed by atoms with van der Waals surface area (Å²) >= 11 is 2.17. The van der Waals surface area contributed by atoms with E-state index < -0.39 is 0 Å². The van der Waals surface area contributed by atoms with Crippen LogP contribution in [0, 0.1) is 0 Å². The van der Waals surface area contributed by atoms with Gasteiger partial charge in [0.05, 0.1) is 0 Å². The summed E-state index contributed by atoms with van der Waals surface area (Å²) in [6.45, 7) is 14.0. The van der Waals surface area contributed by atoms with Crippen LogP contribution in [0.4, 0.5) is 0 Å². The molecule has 1 atom stereocenters. The molecular formula is C12H26S. The number of hydrogen-bond donors (Lipinski definition) is 0. The third kappa shape index (κ3) is 4.95. The number of thioether (sulfide) groups is 1. The zero-order chi connectivity index (χ0) is 10.5. The van der Waals surface area contributed by atoms with Crippen LogP contribution in [-0.2, 0) is 0 Å². The molecule has 0 amide bonds. The van der Waals surface area contributed by atoms with Crippen LogP contribution < -0.4 is 0 Å². The average Bonchev–Trinajstić information content (AvgIpc) is 2.04. The lowest BCUT2D eigenvalue weighted by Crippen LogP contribution is -2.27. The Kier molecular flexibility index (Phi) is 5.43. The topological polar surface area (TPSA) is 0 Å². The van der Waals surface area contributed by atoms with E-state index in [1.54, 1.807) is 0 Å². The molecule has 1 heteroatoms. The van der Waals surface area contributed by atoms with Crippen LogP contribution in [0.5, 0.6) is 0 Å². The normalized spacial score (nSPS) is 17.1. The Morgan fingerprint density at radius 2 is 1.46 bits per heavy atom. The first-order valence-corrected chi connectivity index (χ1v) is 6.41. The third-order valence-electron chi connectivity index (χ3n) is 2.90. The first kappa shape index (κ1) is 13.4. The molecule has 0 aliphatic carbocycles. The molecule has 0 heterocycles. The summed E-state index contributed by atoms with van der Waals surface area (Å²) in [6, 6.07) is 0. The monoisotopic (exact) mass is 202 g/mol. The van der Waals surface area contributed by atoms with Crippen molar-refractivity contribution in [3.05, 3.63) is 0 Å². The van der Waals surface area contributed by atoms with Gasteiger partial charge in [-0.1, -0.05) is 48.0 Å². The minimum Gasteiger partial charge on any atom is -0.149 e. The standard InChI is InChI=1S/C12H26S/c1-7-10-12(6,9-3)13-11(4,5)8-2/h7-10H2,1-6H3. The number of rotatable bonds is 6. The van der Waals surface area contributed by atoms with Crippen molar-refractivity contribution < 1.29 is 0 Å². The van der Waals surface area contributed by atoms with Crippen molar-refractivity contribution in [2.75, 3.05) is 0 Å². The van der Waals surface area contributed by atoms with Gasteiger partial charge >= 0.3 is 0 Å². The van der Waals surface area contributed by atoms with Crippen molar-refractivity contribution in [2.24, 2.45) is 0 Å². The van der Waals surface area contributed by atoms with E-state index in [1.165, 1.54) is 25.7 Å². The van der Waals surface area contributed by atoms with Crippen LogP contribution >= 0.6 is 11.8 Å². The van der Waals surface area contributed by atoms with Crippen LogP contribution in [0.15, 0.2) is 0 Å². The molecule has 1 unspecified atom stereocenters. The van der Waals surface area contributed by atoms with Gasteiger partial charge in [0.2, 0.25) is 0 Å². The molecule has 0 radical (unpaired) electrons. The second-order valence-corrected chi connectivity index (χ2v) is 7.06. The summed E-state index contributed by atoms with van der Waals surface area (Å²) in [5.74, 6) is 0. The summed E-state index contributed by atoms with van der Waals surface area (Å²) in [7, 11) is 0. The largest absolute Gasteiger partial charge is 0.149 e. The zero-order valence-corrected chi connectivity index (χ0v) is 11.1. The predicted octanol–water partition coefficient (Wildman–Crippen LogP) is 4.88. The van der Waals surface area contributed by atoms with E-state index in [-0.39, 0.29) is 0 Å². The molecule has 0 N–H and O–H groups in total. The second kappa shape index (κ2) is 5.29. The van der Waals surface area contributed by atoms with Crippen molar-refractivity contribution >= 4 is 11.8 Å². The van der Waals surface area contributed by atoms with Gasteiger partial charge in [-0.05, 0) is 19.3 Å². The van der Waals surface area contributed by atoms with E-state index in [4.69, 9.17) is 0 Å². The maximum absolute atomic E-state index is 2.42. The Morgan fingerprint density at radius 3 is 1.77 bits per heavy atom. The van der Waals surface area contributed by atoms with Gasteiger partial charge in [0, 0.05) is 9.49 Å². The first-order valence-electron chi connectivity index (χ1n) is 5.59. The SMILES string of the molecule is CCCC(C)(CC)SC(C)(C)CC. The van der Waals surface area contributed by atoms with Crippen LogP contribution in [-0.4, -0.2) is 9.49 Å². The molecular weight excluding hydrogens is 176 g/mol. The molecule has 0 aromatic rings. The molecule has 0 aliphatic heterocycles. The van der Waals surface area contributed by atoms with Crippen LogP contribution in [0.25, 0.3) is 0 Å². The molecule has 0 spiro atoms. The minimum absolute atomic E-state index is 0.444. The molecule has 13 heavy (non-hydrogen) atoms. The van der Waals surface area contributed by atoms with Gasteiger partial charge in [0.1, 0.15) is 0 Å². The molecule has 0 aliphatic rings. The molecule has 0 saturated heterocycles. The lowest BCUT2D eigenvalue weighted by atomic mass is 10.0. The molecule has 0 rings (SSSR count). The fourth-order valence-electron chi connectivity index (χ4n) is 1.57. The molecule has 0 bridgehead atoms. The lowest BCUT2D eigenvalue weighted by Gasteiger charge is -2.36. The summed E-state index contributed by atoms with van der Waals surface area (Å²) in [5.41, 5.74) is 0. The summed E-state index contributed by atoms with van der Waals surface area (Å²) in [4.78, 5) is 0. The quantitative estimate of drug-likeness (QED) is 0.591. The highest BCUT2D eigenvalue weighted by atomic mass is 32.2. The highest BCUT2D eigenvalue weighted by molar-refractivity contribution is 8.01. The molecule has 0 nitrogen and oxygen atoms in total. The Labute approximate surface area is 88.9 Å². The van der Waals surface area contributed by atoms with Crippen molar-refractivity contribution in [1.82, 2.24) is 0 Å². The zero-order valence-electron chi connectivity index (χ0n) is 10.2. The Bertz CT molecular complexity index is 140. The van der Waals surface area contributed by atoms with Crippen molar-refractivity contribution in [3.63, 3.8) is 0 Å². The van der Waals surface area contributed by atoms with E-state index in [0.29, 0.717) is 9.49 Å². The maximum Gasteiger partial charge on any atom is 0.0134 e. The average molecular weight is 202 g/mol. The van der Waals surface area contributed by atoms with Crippen molar-refractivity contribution in [2.45, 2.75) is 76.7 Å². The van der Waals surface area contributed by atoms with E-state index in [2.05, 4.69) is 53.3 Å². The first-order chi connectivity index (χ1) is 5.89. The summed E-state index contributed by atoms with van der Waals surface area (Å²) in [6.07, 6.45) is 5.20. The van der Waals surface area contributed by atoms with Gasteiger partial charge in [-0.3, -0.25) is 0 Å². The van der Waals surface area contributed by atoms with Gasteiger partial charge in [-0.2, -0.15) is 0 Å². The van der Waals surface area contributed by atoms with Crippen LogP contribution in [0.3, 0.4) is 0 Å². The maximum atomic E-state index is 2.42. The molecule has 0 saturated carbocycles. The van der Waals surface area contributed by atoms with Gasteiger partial charge in [-0.15, -0.1) is 11.8 Å². The molecule has 80 valence electrons. The second-order valence-electron chi connectivity index (χ2n) is 4.77. The smallest absolute Gasteiger partial charge is 0.0134 e. The fraction of sp³-hybridized carbons (Fsp3) is 1.00. The molecule has 0 aromatic heterocycles. The lowest BCUT2D eigenvalue weighted by molar-refractivity contribution is 0.544. The highest BCUT2D eigenvalue weighted by Crippen LogP contribution is 2.43. The Hall–Kier alpha value is 0.350. The van der Waals surface area contributed by atoms with E-state index in [1.807, 2.05) is 0 Å². The van der Waals surface area contributed by atoms with E-state index in [9.17, 15) is 0 Å². The van der Waals surface area contributed by atoms with E-state index >= 15 is 0 Å².